The van der Waals surface area contributed by atoms with Crippen LogP contribution in [0.1, 0.15) is 25.3 Å². The number of ketones is 1. The van der Waals surface area contributed by atoms with Crippen LogP contribution in [0.3, 0.4) is 0 Å². The average molecular weight is 271 g/mol. The van der Waals surface area contributed by atoms with Crippen LogP contribution in [0.2, 0.25) is 0 Å². The summed E-state index contributed by atoms with van der Waals surface area (Å²) < 4.78 is 0. The summed E-state index contributed by atoms with van der Waals surface area (Å²) in [4.78, 5) is 20.2. The molecule has 0 aromatic carbocycles. The number of carbonyl (C=O) groups excluding carboxylic acids is 1. The van der Waals surface area contributed by atoms with Gasteiger partial charge in [0, 0.05) is 24.0 Å². The number of thiol groups is 1. The number of hydrogen-bond donors (Lipinski definition) is 1. The maximum atomic E-state index is 11.9. The molecule has 96 valence electrons. The van der Waals surface area contributed by atoms with Crippen LogP contribution >= 0.6 is 12.6 Å². The van der Waals surface area contributed by atoms with E-state index in [1.165, 1.54) is 6.92 Å². The molecule has 0 spiro atoms. The second-order valence-electron chi connectivity index (χ2n) is 4.45. The summed E-state index contributed by atoms with van der Waals surface area (Å²) in [6, 6.07) is 5.78. The molecule has 2 rings (SSSR count). The summed E-state index contributed by atoms with van der Waals surface area (Å²) >= 11 is 4.25. The van der Waals surface area contributed by atoms with E-state index in [1.807, 2.05) is 6.07 Å². The molecule has 1 aromatic rings. The van der Waals surface area contributed by atoms with E-state index in [-0.39, 0.29) is 11.7 Å². The zero-order valence-electron chi connectivity index (χ0n) is 10.7. The van der Waals surface area contributed by atoms with Crippen molar-refractivity contribution in [1.29, 1.82) is 5.26 Å². The Morgan fingerprint density at radius 2 is 2.26 bits per heavy atom. The lowest BCUT2D eigenvalue weighted by Crippen LogP contribution is -2.31. The summed E-state index contributed by atoms with van der Waals surface area (Å²) in [7, 11) is 0. The van der Waals surface area contributed by atoms with Crippen molar-refractivity contribution >= 4 is 24.1 Å². The van der Waals surface area contributed by atoms with Crippen LogP contribution in [0.15, 0.2) is 40.1 Å². The first-order valence-electron chi connectivity index (χ1n) is 5.85. The van der Waals surface area contributed by atoms with E-state index in [4.69, 9.17) is 0 Å². The van der Waals surface area contributed by atoms with Gasteiger partial charge in [-0.1, -0.05) is 6.07 Å². The van der Waals surface area contributed by atoms with E-state index >= 15 is 0 Å². The molecular formula is C14H13N3OS. The summed E-state index contributed by atoms with van der Waals surface area (Å²) in [5, 5.41) is 9.70. The SMILES string of the molecule is CC(=O)C1C(C)=NC(S)=C(C#N)[C@@H]1c1cccnc1. The molecule has 0 fully saturated rings. The summed E-state index contributed by atoms with van der Waals surface area (Å²) in [5.74, 6) is -0.778. The first-order chi connectivity index (χ1) is 9.06. The highest BCUT2D eigenvalue weighted by Crippen LogP contribution is 2.39. The van der Waals surface area contributed by atoms with E-state index in [0.29, 0.717) is 16.3 Å². The van der Waals surface area contributed by atoms with Crippen molar-refractivity contribution in [2.75, 3.05) is 0 Å². The van der Waals surface area contributed by atoms with Gasteiger partial charge in [0.15, 0.2) is 0 Å². The number of rotatable bonds is 2. The third-order valence-corrected chi connectivity index (χ3v) is 3.56. The van der Waals surface area contributed by atoms with Crippen molar-refractivity contribution in [2.45, 2.75) is 19.8 Å². The molecule has 1 aliphatic rings. The first-order valence-corrected chi connectivity index (χ1v) is 6.29. The van der Waals surface area contributed by atoms with Gasteiger partial charge < -0.3 is 0 Å². The molecule has 1 unspecified atom stereocenters. The Kier molecular flexibility index (Phi) is 3.82. The van der Waals surface area contributed by atoms with Crippen LogP contribution < -0.4 is 0 Å². The normalized spacial score (nSPS) is 22.7. The van der Waals surface area contributed by atoms with Crippen molar-refractivity contribution in [1.82, 2.24) is 4.98 Å². The van der Waals surface area contributed by atoms with Crippen LogP contribution in [0, 0.1) is 17.2 Å². The smallest absolute Gasteiger partial charge is 0.139 e. The average Bonchev–Trinajstić information content (AvgIpc) is 2.38. The number of carbonyl (C=O) groups is 1. The van der Waals surface area contributed by atoms with Gasteiger partial charge in [-0.15, -0.1) is 12.6 Å². The lowest BCUT2D eigenvalue weighted by molar-refractivity contribution is -0.119. The standard InChI is InChI=1S/C14H13N3OS/c1-8-12(9(2)18)13(10-4-3-5-16-7-10)11(6-15)14(19)17-8/h3-5,7,12-13,19H,1-2H3/t12?,13-/m0/s1. The van der Waals surface area contributed by atoms with Gasteiger partial charge in [-0.25, -0.2) is 4.99 Å². The monoisotopic (exact) mass is 271 g/mol. The van der Waals surface area contributed by atoms with Gasteiger partial charge in [0.1, 0.15) is 10.8 Å². The number of aliphatic imine (C=N–C) groups is 1. The number of nitrogens with zero attached hydrogens (tertiary/aromatic N) is 3. The van der Waals surface area contributed by atoms with E-state index in [9.17, 15) is 10.1 Å². The third-order valence-electron chi connectivity index (χ3n) is 3.22. The number of aromatic nitrogens is 1. The van der Waals surface area contributed by atoms with Gasteiger partial charge in [-0.05, 0) is 25.5 Å². The molecule has 1 aromatic heterocycles. The van der Waals surface area contributed by atoms with Gasteiger partial charge in [0.25, 0.3) is 0 Å². The van der Waals surface area contributed by atoms with E-state index in [1.54, 1.807) is 25.4 Å². The topological polar surface area (TPSA) is 66.1 Å². The summed E-state index contributed by atoms with van der Waals surface area (Å²) in [6.45, 7) is 3.31. The van der Waals surface area contributed by atoms with Crippen molar-refractivity contribution in [3.05, 3.63) is 40.7 Å². The molecule has 1 aliphatic heterocycles. The highest BCUT2D eigenvalue weighted by atomic mass is 32.1. The summed E-state index contributed by atoms with van der Waals surface area (Å²) in [5.41, 5.74) is 1.94. The number of pyridine rings is 1. The maximum absolute atomic E-state index is 11.9. The van der Waals surface area contributed by atoms with Crippen molar-refractivity contribution in [3.63, 3.8) is 0 Å². The summed E-state index contributed by atoms with van der Waals surface area (Å²) in [6.07, 6.45) is 3.34. The third kappa shape index (κ3) is 2.45. The molecule has 4 nitrogen and oxygen atoms in total. The minimum absolute atomic E-state index is 0.0105. The zero-order valence-corrected chi connectivity index (χ0v) is 11.6. The van der Waals surface area contributed by atoms with Crippen LogP contribution in [-0.2, 0) is 4.79 Å². The fourth-order valence-corrected chi connectivity index (χ4v) is 2.76. The predicted octanol–water partition coefficient (Wildman–Crippen LogP) is 2.51. The van der Waals surface area contributed by atoms with Crippen LogP contribution in [0.4, 0.5) is 0 Å². The second kappa shape index (κ2) is 5.37. The minimum Gasteiger partial charge on any atom is -0.299 e. The first kappa shape index (κ1) is 13.5. The second-order valence-corrected chi connectivity index (χ2v) is 4.88. The van der Waals surface area contributed by atoms with Crippen LogP contribution in [0.5, 0.6) is 0 Å². The lowest BCUT2D eigenvalue weighted by Gasteiger charge is -2.28. The molecule has 5 heteroatoms. The highest BCUT2D eigenvalue weighted by Gasteiger charge is 2.36. The van der Waals surface area contributed by atoms with Gasteiger partial charge >= 0.3 is 0 Å². The van der Waals surface area contributed by atoms with Gasteiger partial charge in [-0.3, -0.25) is 9.78 Å². The molecular weight excluding hydrogens is 258 g/mol. The predicted molar refractivity (Wildman–Crippen MR) is 75.9 cm³/mol. The molecule has 0 saturated carbocycles. The van der Waals surface area contributed by atoms with Crippen molar-refractivity contribution in [3.8, 4) is 6.07 Å². The Morgan fingerprint density at radius 3 is 2.79 bits per heavy atom. The van der Waals surface area contributed by atoms with E-state index in [0.717, 1.165) is 5.56 Å². The number of allylic oxidation sites excluding steroid dienone is 1. The highest BCUT2D eigenvalue weighted by molar-refractivity contribution is 7.84. The van der Waals surface area contributed by atoms with Gasteiger partial charge in [0.05, 0.1) is 17.6 Å². The fourth-order valence-electron chi connectivity index (χ4n) is 2.41. The molecule has 0 N–H and O–H groups in total. The Bertz CT molecular complexity index is 613. The molecule has 0 radical (unpaired) electrons. The van der Waals surface area contributed by atoms with Crippen molar-refractivity contribution < 1.29 is 4.79 Å². The molecule has 0 aliphatic carbocycles. The van der Waals surface area contributed by atoms with Gasteiger partial charge in [0.2, 0.25) is 0 Å². The molecule has 0 bridgehead atoms. The van der Waals surface area contributed by atoms with Crippen molar-refractivity contribution in [2.24, 2.45) is 10.9 Å². The molecule has 0 saturated heterocycles. The number of nitriles is 1. The molecule has 2 heterocycles. The quantitative estimate of drug-likeness (QED) is 0.840. The molecule has 19 heavy (non-hydrogen) atoms. The number of Topliss-reactive ketones (excluding diaryl/α,β-unsaturated/α-hetero) is 1. The minimum atomic E-state index is -0.422. The lowest BCUT2D eigenvalue weighted by atomic mass is 9.76. The zero-order chi connectivity index (χ0) is 14.0. The Hall–Kier alpha value is -1.93. The van der Waals surface area contributed by atoms with Gasteiger partial charge in [-0.2, -0.15) is 5.26 Å². The molecule has 2 atom stereocenters. The van der Waals surface area contributed by atoms with Crippen LogP contribution in [0.25, 0.3) is 0 Å². The maximum Gasteiger partial charge on any atom is 0.139 e. The van der Waals surface area contributed by atoms with Crippen LogP contribution in [-0.4, -0.2) is 16.5 Å². The Labute approximate surface area is 117 Å². The van der Waals surface area contributed by atoms with E-state index in [2.05, 4.69) is 28.7 Å². The van der Waals surface area contributed by atoms with E-state index < -0.39 is 5.92 Å². The molecule has 0 amide bonds. The Balaban J connectivity index is 2.62. The Morgan fingerprint density at radius 1 is 1.53 bits per heavy atom. The fraction of sp³-hybridized carbons (Fsp3) is 0.286. The largest absolute Gasteiger partial charge is 0.299 e. The number of hydrogen-bond acceptors (Lipinski definition) is 5.